The van der Waals surface area contributed by atoms with Crippen LogP contribution in [0.5, 0.6) is 0 Å². The van der Waals surface area contributed by atoms with E-state index < -0.39 is 0 Å². The van der Waals surface area contributed by atoms with E-state index in [9.17, 15) is 0 Å². The summed E-state index contributed by atoms with van der Waals surface area (Å²) in [5.41, 5.74) is 4.35. The first-order valence-corrected chi connectivity index (χ1v) is 7.79. The maximum absolute atomic E-state index is 3.59. The second-order valence-corrected chi connectivity index (χ2v) is 6.33. The molecule has 0 aliphatic heterocycles. The van der Waals surface area contributed by atoms with Crippen molar-refractivity contribution in [3.05, 3.63) is 34.9 Å². The van der Waals surface area contributed by atoms with Gasteiger partial charge in [0.1, 0.15) is 0 Å². The molecule has 1 atom stereocenters. The summed E-state index contributed by atoms with van der Waals surface area (Å²) in [6.45, 7) is 13.6. The van der Waals surface area contributed by atoms with Crippen molar-refractivity contribution in [1.29, 1.82) is 0 Å². The highest BCUT2D eigenvalue weighted by Gasteiger charge is 2.13. The molecule has 0 saturated heterocycles. The molecule has 0 heterocycles. The van der Waals surface area contributed by atoms with Gasteiger partial charge >= 0.3 is 0 Å². The first kappa shape index (κ1) is 16.2. The third-order valence-corrected chi connectivity index (χ3v) is 3.68. The van der Waals surface area contributed by atoms with E-state index in [0.717, 1.165) is 24.9 Å². The number of hydrogen-bond acceptors (Lipinski definition) is 1. The fourth-order valence-corrected chi connectivity index (χ4v) is 2.72. The topological polar surface area (TPSA) is 12.0 Å². The van der Waals surface area contributed by atoms with Crippen LogP contribution in [0.1, 0.15) is 50.3 Å². The highest BCUT2D eigenvalue weighted by Crippen LogP contribution is 2.20. The van der Waals surface area contributed by atoms with E-state index in [4.69, 9.17) is 0 Å². The Labute approximate surface area is 119 Å². The Balaban J connectivity index is 2.66. The van der Waals surface area contributed by atoms with Crippen molar-refractivity contribution in [2.75, 3.05) is 13.1 Å². The van der Waals surface area contributed by atoms with E-state index in [1.807, 2.05) is 0 Å². The van der Waals surface area contributed by atoms with Gasteiger partial charge in [0.05, 0.1) is 0 Å². The molecular weight excluding hydrogens is 230 g/mol. The molecule has 1 unspecified atom stereocenters. The summed E-state index contributed by atoms with van der Waals surface area (Å²) in [5.74, 6) is 1.53. The van der Waals surface area contributed by atoms with E-state index in [1.54, 1.807) is 0 Å². The van der Waals surface area contributed by atoms with Crippen LogP contribution in [0.4, 0.5) is 0 Å². The zero-order valence-corrected chi connectivity index (χ0v) is 13.4. The molecule has 0 aromatic heterocycles. The maximum Gasteiger partial charge on any atom is -0.00172 e. The van der Waals surface area contributed by atoms with Gasteiger partial charge in [-0.25, -0.2) is 0 Å². The van der Waals surface area contributed by atoms with Crippen LogP contribution in [0.3, 0.4) is 0 Å². The first-order valence-electron chi connectivity index (χ1n) is 7.79. The summed E-state index contributed by atoms with van der Waals surface area (Å²) in [6.07, 6.45) is 3.74. The maximum atomic E-state index is 3.59. The molecule has 0 radical (unpaired) electrons. The third-order valence-electron chi connectivity index (χ3n) is 3.68. The van der Waals surface area contributed by atoms with E-state index in [0.29, 0.717) is 0 Å². The molecule has 1 rings (SSSR count). The summed E-state index contributed by atoms with van der Waals surface area (Å²) in [7, 11) is 0. The standard InChI is InChI=1S/C18H31N/c1-6-9-19-13-17(10-14(2)3)12-18-11-15(4)7-8-16(18)5/h7-8,11,14,17,19H,6,9-10,12-13H2,1-5H3. The first-order chi connectivity index (χ1) is 9.02. The number of hydrogen-bond donors (Lipinski definition) is 1. The van der Waals surface area contributed by atoms with Crippen LogP contribution < -0.4 is 5.32 Å². The predicted octanol–water partition coefficient (Wildman–Crippen LogP) is 4.51. The molecule has 0 fully saturated rings. The van der Waals surface area contributed by atoms with Gasteiger partial charge in [-0.05, 0) is 69.2 Å². The van der Waals surface area contributed by atoms with Crippen LogP contribution in [0.25, 0.3) is 0 Å². The Morgan fingerprint density at radius 3 is 2.53 bits per heavy atom. The molecule has 1 aromatic rings. The van der Waals surface area contributed by atoms with E-state index in [2.05, 4.69) is 58.1 Å². The fourth-order valence-electron chi connectivity index (χ4n) is 2.72. The van der Waals surface area contributed by atoms with Crippen molar-refractivity contribution >= 4 is 0 Å². The van der Waals surface area contributed by atoms with Crippen molar-refractivity contribution in [1.82, 2.24) is 5.32 Å². The van der Waals surface area contributed by atoms with Gasteiger partial charge in [0.25, 0.3) is 0 Å². The summed E-state index contributed by atoms with van der Waals surface area (Å²) in [6, 6.07) is 6.84. The Morgan fingerprint density at radius 2 is 1.89 bits per heavy atom. The van der Waals surface area contributed by atoms with E-state index in [1.165, 1.54) is 36.0 Å². The Hall–Kier alpha value is -0.820. The van der Waals surface area contributed by atoms with Crippen molar-refractivity contribution < 1.29 is 0 Å². The summed E-state index contributed by atoms with van der Waals surface area (Å²) in [4.78, 5) is 0. The van der Waals surface area contributed by atoms with Crippen LogP contribution in [0.2, 0.25) is 0 Å². The molecular formula is C18H31N. The van der Waals surface area contributed by atoms with Crippen LogP contribution in [0, 0.1) is 25.7 Å². The van der Waals surface area contributed by atoms with E-state index >= 15 is 0 Å². The molecule has 0 saturated carbocycles. The lowest BCUT2D eigenvalue weighted by Gasteiger charge is -2.21. The Morgan fingerprint density at radius 1 is 1.16 bits per heavy atom. The minimum absolute atomic E-state index is 0.757. The van der Waals surface area contributed by atoms with Crippen molar-refractivity contribution in [3.8, 4) is 0 Å². The Bertz CT molecular complexity index is 368. The molecule has 1 aromatic carbocycles. The lowest BCUT2D eigenvalue weighted by Crippen LogP contribution is -2.26. The lowest BCUT2D eigenvalue weighted by atomic mass is 9.88. The highest BCUT2D eigenvalue weighted by molar-refractivity contribution is 5.30. The molecule has 0 aliphatic rings. The number of aryl methyl sites for hydroxylation is 2. The minimum Gasteiger partial charge on any atom is -0.316 e. The van der Waals surface area contributed by atoms with Crippen molar-refractivity contribution in [2.24, 2.45) is 11.8 Å². The molecule has 1 N–H and O–H groups in total. The average molecular weight is 261 g/mol. The quantitative estimate of drug-likeness (QED) is 0.679. The zero-order valence-electron chi connectivity index (χ0n) is 13.4. The van der Waals surface area contributed by atoms with Crippen LogP contribution >= 0.6 is 0 Å². The van der Waals surface area contributed by atoms with Crippen LogP contribution in [-0.4, -0.2) is 13.1 Å². The smallest absolute Gasteiger partial charge is 0.00172 e. The number of benzene rings is 1. The third kappa shape index (κ3) is 6.24. The summed E-state index contributed by atoms with van der Waals surface area (Å²) >= 11 is 0. The average Bonchev–Trinajstić information content (AvgIpc) is 2.33. The normalized spacial score (nSPS) is 12.9. The van der Waals surface area contributed by atoms with Gasteiger partial charge in [-0.15, -0.1) is 0 Å². The van der Waals surface area contributed by atoms with Gasteiger partial charge in [0.15, 0.2) is 0 Å². The van der Waals surface area contributed by atoms with Gasteiger partial charge in [-0.3, -0.25) is 0 Å². The van der Waals surface area contributed by atoms with E-state index in [-0.39, 0.29) is 0 Å². The SMILES string of the molecule is CCCNCC(Cc1cc(C)ccc1C)CC(C)C. The lowest BCUT2D eigenvalue weighted by molar-refractivity contribution is 0.385. The highest BCUT2D eigenvalue weighted by atomic mass is 14.8. The second-order valence-electron chi connectivity index (χ2n) is 6.33. The van der Waals surface area contributed by atoms with Gasteiger partial charge in [-0.1, -0.05) is 44.5 Å². The molecule has 0 amide bonds. The van der Waals surface area contributed by atoms with Crippen LogP contribution in [-0.2, 0) is 6.42 Å². The molecule has 1 nitrogen and oxygen atoms in total. The van der Waals surface area contributed by atoms with Gasteiger partial charge in [-0.2, -0.15) is 0 Å². The monoisotopic (exact) mass is 261 g/mol. The molecule has 1 heteroatoms. The number of nitrogens with one attached hydrogen (secondary N) is 1. The van der Waals surface area contributed by atoms with Gasteiger partial charge in [0.2, 0.25) is 0 Å². The second kappa shape index (κ2) is 8.37. The number of rotatable bonds is 8. The summed E-state index contributed by atoms with van der Waals surface area (Å²) < 4.78 is 0. The fraction of sp³-hybridized carbons (Fsp3) is 0.667. The van der Waals surface area contributed by atoms with Crippen molar-refractivity contribution in [3.63, 3.8) is 0 Å². The summed E-state index contributed by atoms with van der Waals surface area (Å²) in [5, 5.41) is 3.59. The predicted molar refractivity (Wildman–Crippen MR) is 85.7 cm³/mol. The van der Waals surface area contributed by atoms with Gasteiger partial charge < -0.3 is 5.32 Å². The molecule has 0 spiro atoms. The van der Waals surface area contributed by atoms with Gasteiger partial charge in [0, 0.05) is 0 Å². The molecule has 0 bridgehead atoms. The van der Waals surface area contributed by atoms with Crippen LogP contribution in [0.15, 0.2) is 18.2 Å². The minimum atomic E-state index is 0.757. The molecule has 108 valence electrons. The molecule has 19 heavy (non-hydrogen) atoms. The Kier molecular flexibility index (Phi) is 7.15. The molecule has 0 aliphatic carbocycles. The van der Waals surface area contributed by atoms with Crippen molar-refractivity contribution in [2.45, 2.75) is 53.9 Å². The zero-order chi connectivity index (χ0) is 14.3. The largest absolute Gasteiger partial charge is 0.316 e.